The third-order valence-corrected chi connectivity index (χ3v) is 6.99. The predicted molar refractivity (Wildman–Crippen MR) is 107 cm³/mol. The number of unbranched alkanes of at least 4 members (excludes halogenated alkanes) is 1. The lowest BCUT2D eigenvalue weighted by molar-refractivity contribution is -0.765. The van der Waals surface area contributed by atoms with Crippen molar-refractivity contribution in [3.63, 3.8) is 0 Å². The topological polar surface area (TPSA) is 3.88 Å². The van der Waals surface area contributed by atoms with Gasteiger partial charge in [0, 0.05) is 25.0 Å². The SMILES string of the molecule is CCCCc1ccc2[n+](c1)C(C)(CC)C(C)(CC)c1cc(C)ccc1-2. The normalized spacial score (nSPS) is 24.7. The summed E-state index contributed by atoms with van der Waals surface area (Å²) in [6, 6.07) is 11.7. The van der Waals surface area contributed by atoms with Gasteiger partial charge in [-0.1, -0.05) is 44.9 Å². The number of pyridine rings is 1. The number of hydrogen-bond donors (Lipinski definition) is 0. The molecular weight excluding hydrogens is 302 g/mol. The van der Waals surface area contributed by atoms with E-state index in [9.17, 15) is 0 Å². The van der Waals surface area contributed by atoms with Gasteiger partial charge < -0.3 is 0 Å². The molecule has 0 aliphatic carbocycles. The van der Waals surface area contributed by atoms with E-state index >= 15 is 0 Å². The Morgan fingerprint density at radius 2 is 1.72 bits per heavy atom. The van der Waals surface area contributed by atoms with Gasteiger partial charge in [-0.2, -0.15) is 4.57 Å². The molecule has 1 aromatic carbocycles. The molecule has 3 rings (SSSR count). The second kappa shape index (κ2) is 6.59. The minimum atomic E-state index is 0.0973. The van der Waals surface area contributed by atoms with Gasteiger partial charge in [-0.05, 0) is 50.8 Å². The fourth-order valence-electron chi connectivity index (χ4n) is 4.73. The molecule has 2 aromatic rings. The number of benzene rings is 1. The Labute approximate surface area is 154 Å². The van der Waals surface area contributed by atoms with Crippen molar-refractivity contribution in [3.05, 3.63) is 53.2 Å². The third kappa shape index (κ3) is 2.63. The molecule has 1 aliphatic heterocycles. The molecule has 0 N–H and O–H groups in total. The molecule has 0 spiro atoms. The van der Waals surface area contributed by atoms with Crippen molar-refractivity contribution in [2.24, 2.45) is 0 Å². The van der Waals surface area contributed by atoms with E-state index in [1.165, 1.54) is 47.2 Å². The van der Waals surface area contributed by atoms with Crippen LogP contribution in [0.25, 0.3) is 11.3 Å². The van der Waals surface area contributed by atoms with Gasteiger partial charge in [-0.15, -0.1) is 0 Å². The van der Waals surface area contributed by atoms with E-state index in [1.54, 1.807) is 0 Å². The van der Waals surface area contributed by atoms with Crippen LogP contribution in [0.3, 0.4) is 0 Å². The summed E-state index contributed by atoms with van der Waals surface area (Å²) in [5, 5.41) is 0. The molecule has 0 fully saturated rings. The van der Waals surface area contributed by atoms with Crippen LogP contribution in [0.15, 0.2) is 36.5 Å². The zero-order valence-electron chi connectivity index (χ0n) is 16.9. The molecule has 0 bridgehead atoms. The molecule has 0 saturated heterocycles. The molecule has 2 heterocycles. The first-order chi connectivity index (χ1) is 11.9. The number of nitrogens with zero attached hydrogens (tertiary/aromatic N) is 1. The number of rotatable bonds is 5. The average Bonchev–Trinajstić information content (AvgIpc) is 2.64. The van der Waals surface area contributed by atoms with Crippen molar-refractivity contribution in [2.75, 3.05) is 0 Å². The second-order valence-corrected chi connectivity index (χ2v) is 8.26. The number of hydrogen-bond acceptors (Lipinski definition) is 0. The molecule has 1 nitrogen and oxygen atoms in total. The van der Waals surface area contributed by atoms with E-state index in [2.05, 4.69) is 82.6 Å². The van der Waals surface area contributed by atoms with Crippen molar-refractivity contribution in [1.29, 1.82) is 0 Å². The van der Waals surface area contributed by atoms with Crippen molar-refractivity contribution in [1.82, 2.24) is 0 Å². The van der Waals surface area contributed by atoms with Crippen molar-refractivity contribution < 1.29 is 4.57 Å². The van der Waals surface area contributed by atoms with Crippen LogP contribution < -0.4 is 4.57 Å². The summed E-state index contributed by atoms with van der Waals surface area (Å²) in [7, 11) is 0. The van der Waals surface area contributed by atoms with E-state index in [1.807, 2.05) is 0 Å². The summed E-state index contributed by atoms with van der Waals surface area (Å²) >= 11 is 0. The summed E-state index contributed by atoms with van der Waals surface area (Å²) in [4.78, 5) is 0. The van der Waals surface area contributed by atoms with Crippen LogP contribution in [0.1, 0.15) is 77.0 Å². The first-order valence-electron chi connectivity index (χ1n) is 10.1. The first-order valence-corrected chi connectivity index (χ1v) is 10.1. The molecule has 1 heteroatoms. The molecular formula is C24H34N+. The standard InChI is InChI=1S/C24H34N/c1-7-10-11-19-13-15-22-20-14-12-18(4)16-21(20)23(5,8-2)24(6,9-3)25(22)17-19/h12-17H,7-11H2,1-6H3/q+1. The van der Waals surface area contributed by atoms with Crippen LogP contribution in [0.4, 0.5) is 0 Å². The first kappa shape index (κ1) is 18.2. The maximum atomic E-state index is 2.61. The Kier molecular flexibility index (Phi) is 4.79. The second-order valence-electron chi connectivity index (χ2n) is 8.26. The maximum Gasteiger partial charge on any atom is 0.213 e. The molecule has 2 atom stereocenters. The van der Waals surface area contributed by atoms with Crippen molar-refractivity contribution in [2.45, 2.75) is 84.6 Å². The van der Waals surface area contributed by atoms with Gasteiger partial charge in [0.05, 0.1) is 11.0 Å². The zero-order valence-corrected chi connectivity index (χ0v) is 16.9. The summed E-state index contributed by atoms with van der Waals surface area (Å²) in [5.74, 6) is 0. The van der Waals surface area contributed by atoms with Gasteiger partial charge in [-0.3, -0.25) is 0 Å². The molecule has 0 radical (unpaired) electrons. The highest BCUT2D eigenvalue weighted by molar-refractivity contribution is 5.66. The average molecular weight is 337 g/mol. The molecule has 25 heavy (non-hydrogen) atoms. The monoisotopic (exact) mass is 336 g/mol. The highest BCUT2D eigenvalue weighted by atomic mass is 15.1. The van der Waals surface area contributed by atoms with E-state index in [4.69, 9.17) is 0 Å². The lowest BCUT2D eigenvalue weighted by atomic mass is 9.60. The van der Waals surface area contributed by atoms with Crippen molar-refractivity contribution in [3.8, 4) is 11.3 Å². The summed E-state index contributed by atoms with van der Waals surface area (Å²) in [6.45, 7) is 14.1. The Bertz CT molecular complexity index is 776. The highest BCUT2D eigenvalue weighted by Crippen LogP contribution is 2.49. The molecule has 2 unspecified atom stereocenters. The van der Waals surface area contributed by atoms with Gasteiger partial charge >= 0.3 is 0 Å². The molecule has 0 amide bonds. The fraction of sp³-hybridized carbons (Fsp3) is 0.542. The van der Waals surface area contributed by atoms with Crippen molar-refractivity contribution >= 4 is 0 Å². The Morgan fingerprint density at radius 3 is 2.36 bits per heavy atom. The van der Waals surface area contributed by atoms with Gasteiger partial charge in [0.2, 0.25) is 5.69 Å². The highest BCUT2D eigenvalue weighted by Gasteiger charge is 2.56. The zero-order chi connectivity index (χ0) is 18.2. The molecule has 1 aliphatic rings. The summed E-state index contributed by atoms with van der Waals surface area (Å²) in [5.41, 5.74) is 7.41. The Hall–Kier alpha value is -1.63. The Balaban J connectivity index is 2.29. The van der Waals surface area contributed by atoms with Crippen LogP contribution in [0.5, 0.6) is 0 Å². The predicted octanol–water partition coefficient (Wildman–Crippen LogP) is 6.10. The largest absolute Gasteiger partial charge is 0.213 e. The number of fused-ring (bicyclic) bond motifs is 3. The number of aromatic nitrogens is 1. The van der Waals surface area contributed by atoms with Crippen LogP contribution in [0.2, 0.25) is 0 Å². The lowest BCUT2D eigenvalue weighted by Crippen LogP contribution is -2.67. The maximum absolute atomic E-state index is 2.61. The molecule has 0 saturated carbocycles. The summed E-state index contributed by atoms with van der Waals surface area (Å²) < 4.78 is 2.61. The van der Waals surface area contributed by atoms with E-state index < -0.39 is 0 Å². The van der Waals surface area contributed by atoms with Gasteiger partial charge in [0.15, 0.2) is 11.7 Å². The van der Waals surface area contributed by atoms with E-state index in [0.29, 0.717) is 0 Å². The van der Waals surface area contributed by atoms with E-state index in [0.717, 1.165) is 12.8 Å². The fourth-order valence-corrected chi connectivity index (χ4v) is 4.73. The molecule has 1 aromatic heterocycles. The van der Waals surface area contributed by atoms with E-state index in [-0.39, 0.29) is 11.0 Å². The smallest absolute Gasteiger partial charge is 0.192 e. The van der Waals surface area contributed by atoms with Gasteiger partial charge in [0.25, 0.3) is 0 Å². The minimum absolute atomic E-state index is 0.0973. The summed E-state index contributed by atoms with van der Waals surface area (Å²) in [6.07, 6.45) is 8.44. The van der Waals surface area contributed by atoms with Crippen LogP contribution in [-0.2, 0) is 17.4 Å². The Morgan fingerprint density at radius 1 is 0.960 bits per heavy atom. The van der Waals surface area contributed by atoms with Crippen LogP contribution in [-0.4, -0.2) is 0 Å². The van der Waals surface area contributed by atoms with Crippen LogP contribution in [0, 0.1) is 6.92 Å². The molecule has 134 valence electrons. The van der Waals surface area contributed by atoms with Crippen LogP contribution >= 0.6 is 0 Å². The van der Waals surface area contributed by atoms with Gasteiger partial charge in [-0.25, -0.2) is 0 Å². The van der Waals surface area contributed by atoms with Gasteiger partial charge in [0.1, 0.15) is 0 Å². The quantitative estimate of drug-likeness (QED) is 0.581. The lowest BCUT2D eigenvalue weighted by Gasteiger charge is -2.46. The minimum Gasteiger partial charge on any atom is -0.192 e. The number of aryl methyl sites for hydroxylation is 2. The third-order valence-electron chi connectivity index (χ3n) is 6.99.